The Morgan fingerprint density at radius 1 is 1.22 bits per heavy atom. The van der Waals surface area contributed by atoms with E-state index < -0.39 is 0 Å². The molecule has 1 unspecified atom stereocenters. The third-order valence-electron chi connectivity index (χ3n) is 4.00. The molecule has 18 heavy (non-hydrogen) atoms. The zero-order valence-electron chi connectivity index (χ0n) is 11.6. The van der Waals surface area contributed by atoms with Crippen LogP contribution in [-0.2, 0) is 0 Å². The highest BCUT2D eigenvalue weighted by molar-refractivity contribution is 5.29. The molecule has 1 N–H and O–H groups in total. The number of hydrogen-bond donors (Lipinski definition) is 1. The lowest BCUT2D eigenvalue weighted by molar-refractivity contribution is 0.252. The van der Waals surface area contributed by atoms with Gasteiger partial charge >= 0.3 is 0 Å². The second-order valence-electron chi connectivity index (χ2n) is 5.28. The average molecular weight is 247 g/mol. The van der Waals surface area contributed by atoms with Crippen molar-refractivity contribution >= 4 is 0 Å². The third-order valence-corrected chi connectivity index (χ3v) is 4.00. The number of hydrogen-bond acceptors (Lipinski definition) is 2. The normalized spacial score (nSPS) is 17.9. The summed E-state index contributed by atoms with van der Waals surface area (Å²) >= 11 is 0. The quantitative estimate of drug-likeness (QED) is 0.822. The van der Waals surface area contributed by atoms with Crippen LogP contribution in [0.3, 0.4) is 0 Å². The number of nitrogens with one attached hydrogen (secondary N) is 1. The Bertz CT molecular complexity index is 337. The molecule has 100 valence electrons. The molecule has 2 rings (SSSR count). The van der Waals surface area contributed by atoms with Crippen LogP contribution < -0.4 is 10.1 Å². The smallest absolute Gasteiger partial charge is 0.119 e. The lowest BCUT2D eigenvalue weighted by Crippen LogP contribution is -2.15. The topological polar surface area (TPSA) is 21.3 Å². The second-order valence-corrected chi connectivity index (χ2v) is 5.28. The maximum Gasteiger partial charge on any atom is 0.119 e. The van der Waals surface area contributed by atoms with Gasteiger partial charge in [0.05, 0.1) is 6.61 Å². The minimum absolute atomic E-state index is 0.453. The van der Waals surface area contributed by atoms with Crippen LogP contribution >= 0.6 is 0 Å². The van der Waals surface area contributed by atoms with Crippen molar-refractivity contribution in [1.29, 1.82) is 0 Å². The molecular formula is C16H25NO. The maximum atomic E-state index is 5.87. The molecule has 1 aliphatic rings. The van der Waals surface area contributed by atoms with Gasteiger partial charge in [-0.2, -0.15) is 0 Å². The molecule has 0 aromatic heterocycles. The van der Waals surface area contributed by atoms with Crippen LogP contribution in [0.15, 0.2) is 24.3 Å². The predicted octanol–water partition coefficient (Wildman–Crippen LogP) is 3.93. The molecule has 1 aromatic rings. The van der Waals surface area contributed by atoms with Gasteiger partial charge in [0.25, 0.3) is 0 Å². The van der Waals surface area contributed by atoms with Crippen molar-refractivity contribution in [3.8, 4) is 5.75 Å². The van der Waals surface area contributed by atoms with Gasteiger partial charge < -0.3 is 10.1 Å². The Hall–Kier alpha value is -1.02. The minimum atomic E-state index is 0.453. The highest BCUT2D eigenvalue weighted by Gasteiger charge is 2.15. The number of benzene rings is 1. The third kappa shape index (κ3) is 3.49. The van der Waals surface area contributed by atoms with Gasteiger partial charge in [-0.15, -0.1) is 0 Å². The average Bonchev–Trinajstić information content (AvgIpc) is 2.92. The first-order chi connectivity index (χ1) is 8.83. The van der Waals surface area contributed by atoms with Crippen LogP contribution in [0.2, 0.25) is 0 Å². The van der Waals surface area contributed by atoms with E-state index in [1.165, 1.54) is 31.2 Å². The largest absolute Gasteiger partial charge is 0.493 e. The van der Waals surface area contributed by atoms with Crippen LogP contribution in [0.4, 0.5) is 0 Å². The fraction of sp³-hybridized carbons (Fsp3) is 0.625. The fourth-order valence-electron chi connectivity index (χ4n) is 2.79. The first-order valence-corrected chi connectivity index (χ1v) is 7.23. The van der Waals surface area contributed by atoms with Gasteiger partial charge in [0, 0.05) is 6.04 Å². The molecule has 0 saturated heterocycles. The van der Waals surface area contributed by atoms with E-state index in [1.54, 1.807) is 0 Å². The molecule has 1 aliphatic carbocycles. The Morgan fingerprint density at radius 2 is 1.89 bits per heavy atom. The highest BCUT2D eigenvalue weighted by Crippen LogP contribution is 2.26. The summed E-state index contributed by atoms with van der Waals surface area (Å²) in [6, 6.07) is 9.01. The van der Waals surface area contributed by atoms with Crippen molar-refractivity contribution in [2.75, 3.05) is 13.7 Å². The Balaban J connectivity index is 1.86. The summed E-state index contributed by atoms with van der Waals surface area (Å²) in [6.45, 7) is 3.09. The summed E-state index contributed by atoms with van der Waals surface area (Å²) in [6.07, 6.45) is 6.56. The number of rotatable bonds is 6. The van der Waals surface area contributed by atoms with Gasteiger partial charge in [-0.05, 0) is 49.9 Å². The van der Waals surface area contributed by atoms with E-state index in [1.807, 2.05) is 7.05 Å². The van der Waals surface area contributed by atoms with Crippen LogP contribution in [0.25, 0.3) is 0 Å². The molecule has 0 amide bonds. The van der Waals surface area contributed by atoms with Crippen LogP contribution in [0.1, 0.15) is 50.6 Å². The monoisotopic (exact) mass is 247 g/mol. The zero-order valence-corrected chi connectivity index (χ0v) is 11.6. The van der Waals surface area contributed by atoms with Crippen molar-refractivity contribution in [2.45, 2.75) is 45.1 Å². The van der Waals surface area contributed by atoms with Crippen molar-refractivity contribution in [2.24, 2.45) is 5.92 Å². The van der Waals surface area contributed by atoms with Gasteiger partial charge in [0.15, 0.2) is 0 Å². The molecule has 1 aromatic carbocycles. The van der Waals surface area contributed by atoms with Gasteiger partial charge in [-0.25, -0.2) is 0 Å². The van der Waals surface area contributed by atoms with E-state index in [0.29, 0.717) is 6.04 Å². The Morgan fingerprint density at radius 3 is 2.44 bits per heavy atom. The van der Waals surface area contributed by atoms with E-state index in [-0.39, 0.29) is 0 Å². The molecule has 0 aliphatic heterocycles. The summed E-state index contributed by atoms with van der Waals surface area (Å²) in [4.78, 5) is 0. The van der Waals surface area contributed by atoms with Gasteiger partial charge in [-0.3, -0.25) is 0 Å². The highest BCUT2D eigenvalue weighted by atomic mass is 16.5. The summed E-state index contributed by atoms with van der Waals surface area (Å²) in [5.74, 6) is 1.79. The van der Waals surface area contributed by atoms with E-state index in [4.69, 9.17) is 4.74 Å². The zero-order chi connectivity index (χ0) is 12.8. The number of ether oxygens (including phenoxy) is 1. The second kappa shape index (κ2) is 6.79. The fourth-order valence-corrected chi connectivity index (χ4v) is 2.79. The van der Waals surface area contributed by atoms with Crippen molar-refractivity contribution in [3.05, 3.63) is 29.8 Å². The van der Waals surface area contributed by atoms with E-state index in [0.717, 1.165) is 24.7 Å². The lowest BCUT2D eigenvalue weighted by atomic mass is 10.0. The summed E-state index contributed by atoms with van der Waals surface area (Å²) < 4.78 is 5.87. The van der Waals surface area contributed by atoms with Gasteiger partial charge in [0.2, 0.25) is 0 Å². The minimum Gasteiger partial charge on any atom is -0.493 e. The summed E-state index contributed by atoms with van der Waals surface area (Å²) in [5.41, 5.74) is 1.34. The van der Waals surface area contributed by atoms with Crippen LogP contribution in [-0.4, -0.2) is 13.7 Å². The first-order valence-electron chi connectivity index (χ1n) is 7.23. The summed E-state index contributed by atoms with van der Waals surface area (Å²) in [5, 5.41) is 3.32. The molecule has 1 fully saturated rings. The van der Waals surface area contributed by atoms with Gasteiger partial charge in [0.1, 0.15) is 5.75 Å². The first kappa shape index (κ1) is 13.4. The van der Waals surface area contributed by atoms with Crippen molar-refractivity contribution < 1.29 is 4.74 Å². The van der Waals surface area contributed by atoms with Crippen LogP contribution in [0, 0.1) is 5.92 Å². The molecule has 1 atom stereocenters. The van der Waals surface area contributed by atoms with Crippen molar-refractivity contribution in [3.63, 3.8) is 0 Å². The molecule has 0 heterocycles. The lowest BCUT2D eigenvalue weighted by Gasteiger charge is -2.15. The molecule has 0 bridgehead atoms. The van der Waals surface area contributed by atoms with E-state index in [9.17, 15) is 0 Å². The van der Waals surface area contributed by atoms with Crippen molar-refractivity contribution in [1.82, 2.24) is 5.32 Å². The molecule has 2 nitrogen and oxygen atoms in total. The predicted molar refractivity (Wildman–Crippen MR) is 76.0 cm³/mol. The standard InChI is InChI=1S/C16H25NO/c1-3-16(17-2)14-8-10-15(11-9-14)18-12-13-6-4-5-7-13/h8-11,13,16-17H,3-7,12H2,1-2H3. The summed E-state index contributed by atoms with van der Waals surface area (Å²) in [7, 11) is 2.01. The van der Waals surface area contributed by atoms with E-state index in [2.05, 4.69) is 36.5 Å². The molecule has 0 radical (unpaired) electrons. The molecule has 2 heteroatoms. The van der Waals surface area contributed by atoms with Crippen LogP contribution in [0.5, 0.6) is 5.75 Å². The Labute approximate surface area is 111 Å². The SMILES string of the molecule is CCC(NC)c1ccc(OCC2CCCC2)cc1. The Kier molecular flexibility index (Phi) is 5.06. The van der Waals surface area contributed by atoms with E-state index >= 15 is 0 Å². The maximum absolute atomic E-state index is 5.87. The molecule has 1 saturated carbocycles. The van der Waals surface area contributed by atoms with Gasteiger partial charge in [-0.1, -0.05) is 31.9 Å². The molecule has 0 spiro atoms. The molecular weight excluding hydrogens is 222 g/mol.